The Morgan fingerprint density at radius 2 is 1.68 bits per heavy atom. The fourth-order valence-corrected chi connectivity index (χ4v) is 3.50. The molecule has 0 atom stereocenters. The molecule has 0 spiro atoms. The second-order valence-corrected chi connectivity index (χ2v) is 7.00. The van der Waals surface area contributed by atoms with Crippen molar-refractivity contribution >= 4 is 50.9 Å². The van der Waals surface area contributed by atoms with E-state index < -0.39 is 0 Å². The van der Waals surface area contributed by atoms with Gasteiger partial charge in [0.15, 0.2) is 0 Å². The number of H-pyrrole nitrogens is 2. The minimum Gasteiger partial charge on any atom is -0.346 e. The van der Waals surface area contributed by atoms with Crippen LogP contribution in [0.1, 0.15) is 11.1 Å². The van der Waals surface area contributed by atoms with E-state index in [1.54, 1.807) is 6.20 Å². The summed E-state index contributed by atoms with van der Waals surface area (Å²) in [6.07, 6.45) is 6.55. The number of hydrogen-bond donors (Lipinski definition) is 3. The lowest BCUT2D eigenvalue weighted by Gasteiger charge is -2.08. The Kier molecular flexibility index (Phi) is 4.74. The molecule has 9 nitrogen and oxygen atoms in total. The average Bonchev–Trinajstić information content (AvgIpc) is 3.54. The highest BCUT2D eigenvalue weighted by Gasteiger charge is 2.16. The maximum Gasteiger partial charge on any atom is 0.143 e. The van der Waals surface area contributed by atoms with Crippen LogP contribution in [0.5, 0.6) is 0 Å². The molecule has 10 heteroatoms. The van der Waals surface area contributed by atoms with Crippen molar-refractivity contribution < 1.29 is 0 Å². The fraction of sp³-hybridized carbons (Fsp3) is 0.0476. The molecule has 1 aromatic carbocycles. The molecule has 0 aliphatic carbocycles. The van der Waals surface area contributed by atoms with E-state index in [9.17, 15) is 0 Å². The Labute approximate surface area is 180 Å². The standard InChI is InChI=1S/C15H10N6.C6H4ClN3/c16-6-13-12-5-10(2-1-9(12)7-18-13)21-15-11-3-4-17-14(11)19-8-20-15;7-5-4-1-2-8-6(4)10-3-9-5/h1-5,8H,7H2,(H2,17,19,20,21);1-3H,(H,8,9,10). The summed E-state index contributed by atoms with van der Waals surface area (Å²) in [5, 5.41) is 14.6. The minimum atomic E-state index is 0.489. The predicted octanol–water partition coefficient (Wildman–Crippen LogP) is 4.14. The van der Waals surface area contributed by atoms with Gasteiger partial charge in [-0.15, -0.1) is 0 Å². The second kappa shape index (κ2) is 7.85. The number of nitrogens with one attached hydrogen (secondary N) is 3. The summed E-state index contributed by atoms with van der Waals surface area (Å²) in [5.74, 6) is 0.731. The van der Waals surface area contributed by atoms with Gasteiger partial charge in [-0.25, -0.2) is 19.9 Å². The number of aliphatic imine (C=N–C) groups is 1. The van der Waals surface area contributed by atoms with Crippen LogP contribution < -0.4 is 5.32 Å². The second-order valence-electron chi connectivity index (χ2n) is 6.64. The van der Waals surface area contributed by atoms with Crippen molar-refractivity contribution in [3.8, 4) is 6.07 Å². The SMILES string of the molecule is Clc1ncnc2[nH]ccc12.N#CC1=NCc2ccc(Nc3ncnc4[nH]ccc34)cc21. The molecule has 6 rings (SSSR count). The zero-order chi connectivity index (χ0) is 21.2. The van der Waals surface area contributed by atoms with Gasteiger partial charge in [0.05, 0.1) is 17.3 Å². The number of benzene rings is 1. The Bertz CT molecular complexity index is 1480. The molecular formula is C21H14ClN9. The number of halogens is 1. The van der Waals surface area contributed by atoms with Gasteiger partial charge in [0.1, 0.15) is 46.7 Å². The predicted molar refractivity (Wildman–Crippen MR) is 118 cm³/mol. The van der Waals surface area contributed by atoms with Crippen LogP contribution in [0, 0.1) is 11.3 Å². The number of rotatable bonds is 2. The van der Waals surface area contributed by atoms with Crippen LogP contribution in [0.15, 0.2) is 60.4 Å². The van der Waals surface area contributed by atoms with E-state index >= 15 is 0 Å². The molecule has 5 aromatic rings. The first kappa shape index (κ1) is 18.7. The normalized spacial score (nSPS) is 12.1. The summed E-state index contributed by atoms with van der Waals surface area (Å²) in [6, 6.07) is 11.8. The Balaban J connectivity index is 0.000000171. The van der Waals surface area contributed by atoms with Gasteiger partial charge in [0.25, 0.3) is 0 Å². The molecule has 31 heavy (non-hydrogen) atoms. The topological polar surface area (TPSA) is 131 Å². The number of hydrogen-bond acceptors (Lipinski definition) is 7. The average molecular weight is 428 g/mol. The third kappa shape index (κ3) is 3.56. The van der Waals surface area contributed by atoms with Crippen LogP contribution in [0.2, 0.25) is 5.15 Å². The molecule has 0 amide bonds. The molecule has 0 fully saturated rings. The number of aromatic amines is 2. The fourth-order valence-electron chi connectivity index (χ4n) is 3.31. The Morgan fingerprint density at radius 1 is 0.935 bits per heavy atom. The summed E-state index contributed by atoms with van der Waals surface area (Å²) < 4.78 is 0. The molecule has 0 unspecified atom stereocenters. The van der Waals surface area contributed by atoms with Crippen molar-refractivity contribution in [2.75, 3.05) is 5.32 Å². The van der Waals surface area contributed by atoms with Gasteiger partial charge in [-0.1, -0.05) is 17.7 Å². The molecule has 150 valence electrons. The summed E-state index contributed by atoms with van der Waals surface area (Å²) in [4.78, 5) is 26.4. The van der Waals surface area contributed by atoms with Gasteiger partial charge in [-0.05, 0) is 29.8 Å². The molecule has 4 aromatic heterocycles. The van der Waals surface area contributed by atoms with Crippen LogP contribution in [0.25, 0.3) is 22.1 Å². The van der Waals surface area contributed by atoms with E-state index in [0.717, 1.165) is 44.7 Å². The molecule has 0 radical (unpaired) electrons. The third-order valence-corrected chi connectivity index (χ3v) is 5.10. The first-order valence-corrected chi connectivity index (χ1v) is 9.67. The maximum absolute atomic E-state index is 9.08. The summed E-state index contributed by atoms with van der Waals surface area (Å²) in [7, 11) is 0. The van der Waals surface area contributed by atoms with Crippen molar-refractivity contribution in [3.05, 3.63) is 71.7 Å². The van der Waals surface area contributed by atoms with Crippen LogP contribution in [0.4, 0.5) is 11.5 Å². The van der Waals surface area contributed by atoms with E-state index in [1.807, 2.05) is 36.5 Å². The Morgan fingerprint density at radius 3 is 2.45 bits per heavy atom. The van der Waals surface area contributed by atoms with Crippen LogP contribution >= 0.6 is 11.6 Å². The van der Waals surface area contributed by atoms with E-state index in [2.05, 4.69) is 46.3 Å². The van der Waals surface area contributed by atoms with Gasteiger partial charge in [0.2, 0.25) is 0 Å². The molecule has 0 saturated heterocycles. The summed E-state index contributed by atoms with van der Waals surface area (Å²) in [6.45, 7) is 0.577. The number of aromatic nitrogens is 6. The lowest BCUT2D eigenvalue weighted by atomic mass is 10.1. The zero-order valence-electron chi connectivity index (χ0n) is 16.0. The van der Waals surface area contributed by atoms with Crippen molar-refractivity contribution in [2.24, 2.45) is 4.99 Å². The smallest absolute Gasteiger partial charge is 0.143 e. The van der Waals surface area contributed by atoms with Gasteiger partial charge >= 0.3 is 0 Å². The maximum atomic E-state index is 9.08. The highest BCUT2D eigenvalue weighted by molar-refractivity contribution is 6.33. The van der Waals surface area contributed by atoms with Crippen LogP contribution in [0.3, 0.4) is 0 Å². The largest absolute Gasteiger partial charge is 0.346 e. The molecule has 0 saturated carbocycles. The molecule has 5 heterocycles. The molecule has 3 N–H and O–H groups in total. The van der Waals surface area contributed by atoms with Crippen LogP contribution in [-0.2, 0) is 6.54 Å². The number of nitrogens with zero attached hydrogens (tertiary/aromatic N) is 6. The van der Waals surface area contributed by atoms with Gasteiger partial charge < -0.3 is 15.3 Å². The Hall–Kier alpha value is -4.29. The zero-order valence-corrected chi connectivity index (χ0v) is 16.7. The van der Waals surface area contributed by atoms with Crippen molar-refractivity contribution in [3.63, 3.8) is 0 Å². The van der Waals surface area contributed by atoms with E-state index in [4.69, 9.17) is 16.9 Å². The first-order valence-electron chi connectivity index (χ1n) is 9.29. The van der Waals surface area contributed by atoms with Crippen molar-refractivity contribution in [1.82, 2.24) is 29.9 Å². The molecular weight excluding hydrogens is 414 g/mol. The van der Waals surface area contributed by atoms with E-state index in [0.29, 0.717) is 17.4 Å². The van der Waals surface area contributed by atoms with Gasteiger partial charge in [0, 0.05) is 23.6 Å². The van der Waals surface area contributed by atoms with E-state index in [1.165, 1.54) is 12.7 Å². The van der Waals surface area contributed by atoms with Crippen LogP contribution in [-0.4, -0.2) is 35.6 Å². The van der Waals surface area contributed by atoms with Gasteiger partial charge in [-0.2, -0.15) is 5.26 Å². The highest BCUT2D eigenvalue weighted by Crippen LogP contribution is 2.26. The number of nitriles is 1. The minimum absolute atomic E-state index is 0.489. The molecule has 1 aliphatic rings. The first-order chi connectivity index (χ1) is 15.2. The van der Waals surface area contributed by atoms with Crippen molar-refractivity contribution in [1.29, 1.82) is 5.26 Å². The third-order valence-electron chi connectivity index (χ3n) is 4.80. The number of anilines is 2. The van der Waals surface area contributed by atoms with Gasteiger partial charge in [-0.3, -0.25) is 4.99 Å². The monoisotopic (exact) mass is 427 g/mol. The molecule has 0 bridgehead atoms. The van der Waals surface area contributed by atoms with Crippen molar-refractivity contribution in [2.45, 2.75) is 6.54 Å². The highest BCUT2D eigenvalue weighted by atomic mass is 35.5. The summed E-state index contributed by atoms with van der Waals surface area (Å²) >= 11 is 5.73. The quantitative estimate of drug-likeness (QED) is 0.363. The summed E-state index contributed by atoms with van der Waals surface area (Å²) in [5.41, 5.74) is 4.89. The lowest BCUT2D eigenvalue weighted by Crippen LogP contribution is -1.99. The molecule has 1 aliphatic heterocycles. The lowest BCUT2D eigenvalue weighted by molar-refractivity contribution is 1.11. The number of fused-ring (bicyclic) bond motifs is 3. The van der Waals surface area contributed by atoms with E-state index in [-0.39, 0.29) is 0 Å².